The monoisotopic (exact) mass is 349 g/mol. The first-order valence-electron chi connectivity index (χ1n) is 6.42. The molecule has 0 atom stereocenters. The Labute approximate surface area is 139 Å². The van der Waals surface area contributed by atoms with Crippen molar-refractivity contribution >= 4 is 34.7 Å². The molecule has 124 valence electrons. The number of nitro groups is 2. The fourth-order valence-corrected chi connectivity index (χ4v) is 2.16. The number of benzene rings is 1. The van der Waals surface area contributed by atoms with Crippen molar-refractivity contribution < 1.29 is 14.3 Å². The molecule has 0 aliphatic carbocycles. The Kier molecular flexibility index (Phi) is 5.63. The van der Waals surface area contributed by atoms with Gasteiger partial charge >= 0.3 is 5.88 Å². The van der Waals surface area contributed by atoms with E-state index in [9.17, 15) is 20.2 Å². The second kappa shape index (κ2) is 7.87. The SMILES string of the molecule is N/C(=N\N=C\c1ccc([N+](=O)[O-])o1)SCc1ccc([N+](=O)[O-])cc1. The van der Waals surface area contributed by atoms with Crippen molar-refractivity contribution in [3.63, 3.8) is 0 Å². The predicted octanol–water partition coefficient (Wildman–Crippen LogP) is 2.68. The second-order valence-corrected chi connectivity index (χ2v) is 5.32. The lowest BCUT2D eigenvalue weighted by molar-refractivity contribution is -0.402. The van der Waals surface area contributed by atoms with E-state index in [0.29, 0.717) is 5.75 Å². The number of non-ortho nitro benzene ring substituents is 1. The third-order valence-electron chi connectivity index (χ3n) is 2.67. The van der Waals surface area contributed by atoms with Gasteiger partial charge in [-0.3, -0.25) is 20.2 Å². The molecule has 0 saturated heterocycles. The smallest absolute Gasteiger partial charge is 0.400 e. The third-order valence-corrected chi connectivity index (χ3v) is 3.52. The minimum Gasteiger partial charge on any atom is -0.400 e. The second-order valence-electron chi connectivity index (χ2n) is 4.33. The minimum absolute atomic E-state index is 0.0162. The molecule has 0 aliphatic heterocycles. The van der Waals surface area contributed by atoms with E-state index in [1.165, 1.54) is 42.2 Å². The minimum atomic E-state index is -0.658. The Balaban J connectivity index is 1.87. The summed E-state index contributed by atoms with van der Waals surface area (Å²) in [7, 11) is 0. The van der Waals surface area contributed by atoms with Crippen LogP contribution in [0.2, 0.25) is 0 Å². The highest BCUT2D eigenvalue weighted by Gasteiger charge is 2.10. The summed E-state index contributed by atoms with van der Waals surface area (Å²) in [6.45, 7) is 0. The number of nitrogens with zero attached hydrogens (tertiary/aromatic N) is 4. The van der Waals surface area contributed by atoms with Gasteiger partial charge in [-0.15, -0.1) is 5.10 Å². The first-order valence-corrected chi connectivity index (χ1v) is 7.41. The molecule has 2 N–H and O–H groups in total. The van der Waals surface area contributed by atoms with Crippen LogP contribution in [0.15, 0.2) is 51.0 Å². The molecule has 0 fully saturated rings. The molecule has 11 heteroatoms. The van der Waals surface area contributed by atoms with Crippen molar-refractivity contribution in [2.45, 2.75) is 5.75 Å². The zero-order chi connectivity index (χ0) is 17.5. The molecule has 0 spiro atoms. The molecule has 2 aromatic rings. The summed E-state index contributed by atoms with van der Waals surface area (Å²) in [6, 6.07) is 8.67. The first-order chi connectivity index (χ1) is 11.5. The van der Waals surface area contributed by atoms with Crippen LogP contribution in [-0.2, 0) is 5.75 Å². The van der Waals surface area contributed by atoms with Crippen molar-refractivity contribution in [2.75, 3.05) is 0 Å². The average molecular weight is 349 g/mol. The van der Waals surface area contributed by atoms with E-state index < -0.39 is 9.85 Å². The zero-order valence-corrected chi connectivity index (χ0v) is 12.9. The molecular weight excluding hydrogens is 338 g/mol. The number of amidine groups is 1. The Bertz CT molecular complexity index is 799. The third kappa shape index (κ3) is 4.91. The molecule has 0 aliphatic rings. The Morgan fingerprint density at radius 3 is 2.46 bits per heavy atom. The van der Waals surface area contributed by atoms with Crippen LogP contribution in [0.4, 0.5) is 11.6 Å². The number of rotatable bonds is 6. The molecule has 1 aromatic heterocycles. The lowest BCUT2D eigenvalue weighted by Crippen LogP contribution is -2.06. The van der Waals surface area contributed by atoms with Gasteiger partial charge in [0, 0.05) is 17.9 Å². The number of nitrogens with two attached hydrogens (primary N) is 1. The first kappa shape index (κ1) is 17.1. The lowest BCUT2D eigenvalue weighted by Gasteiger charge is -1.99. The van der Waals surface area contributed by atoms with Crippen LogP contribution < -0.4 is 5.73 Å². The predicted molar refractivity (Wildman–Crippen MR) is 89.0 cm³/mol. The van der Waals surface area contributed by atoms with Crippen LogP contribution in [0.5, 0.6) is 0 Å². The van der Waals surface area contributed by atoms with Gasteiger partial charge in [-0.25, -0.2) is 0 Å². The van der Waals surface area contributed by atoms with E-state index >= 15 is 0 Å². The maximum Gasteiger partial charge on any atom is 0.433 e. The molecular formula is C13H11N5O5S. The van der Waals surface area contributed by atoms with Gasteiger partial charge in [0.05, 0.1) is 17.2 Å². The van der Waals surface area contributed by atoms with E-state index in [0.717, 1.165) is 5.56 Å². The van der Waals surface area contributed by atoms with Crippen LogP contribution in [0.3, 0.4) is 0 Å². The molecule has 0 unspecified atom stereocenters. The van der Waals surface area contributed by atoms with Gasteiger partial charge in [0.25, 0.3) is 5.69 Å². The van der Waals surface area contributed by atoms with Gasteiger partial charge in [-0.05, 0) is 11.6 Å². The van der Waals surface area contributed by atoms with Gasteiger partial charge in [-0.1, -0.05) is 23.9 Å². The maximum absolute atomic E-state index is 10.6. The number of hydrogen-bond donors (Lipinski definition) is 1. The summed E-state index contributed by atoms with van der Waals surface area (Å²) in [5, 5.41) is 28.6. The van der Waals surface area contributed by atoms with Gasteiger partial charge in [0.2, 0.25) is 0 Å². The van der Waals surface area contributed by atoms with Gasteiger partial charge in [-0.2, -0.15) is 5.10 Å². The number of hydrogen-bond acceptors (Lipinski definition) is 8. The van der Waals surface area contributed by atoms with E-state index in [-0.39, 0.29) is 22.5 Å². The summed E-state index contributed by atoms with van der Waals surface area (Å²) in [5.74, 6) is 0.259. The molecule has 10 nitrogen and oxygen atoms in total. The van der Waals surface area contributed by atoms with E-state index in [4.69, 9.17) is 10.2 Å². The summed E-state index contributed by atoms with van der Waals surface area (Å²) >= 11 is 1.19. The van der Waals surface area contributed by atoms with Crippen LogP contribution in [0.1, 0.15) is 11.3 Å². The fourth-order valence-electron chi connectivity index (χ4n) is 1.55. The summed E-state index contributed by atoms with van der Waals surface area (Å²) in [6.07, 6.45) is 1.20. The van der Waals surface area contributed by atoms with E-state index in [1.807, 2.05) is 0 Å². The van der Waals surface area contributed by atoms with Crippen molar-refractivity contribution in [2.24, 2.45) is 15.9 Å². The molecule has 1 heterocycles. The van der Waals surface area contributed by atoms with Crippen LogP contribution in [0.25, 0.3) is 0 Å². The molecule has 2 rings (SSSR count). The van der Waals surface area contributed by atoms with Crippen molar-refractivity contribution in [3.8, 4) is 0 Å². The van der Waals surface area contributed by atoms with Gasteiger partial charge in [0.1, 0.15) is 4.92 Å². The molecule has 0 bridgehead atoms. The van der Waals surface area contributed by atoms with Crippen LogP contribution in [-0.4, -0.2) is 21.2 Å². The topological polar surface area (TPSA) is 150 Å². The van der Waals surface area contributed by atoms with Crippen molar-refractivity contribution in [1.29, 1.82) is 0 Å². The van der Waals surface area contributed by atoms with Crippen molar-refractivity contribution in [1.82, 2.24) is 0 Å². The maximum atomic E-state index is 10.6. The van der Waals surface area contributed by atoms with Crippen molar-refractivity contribution in [3.05, 3.63) is 68.0 Å². The molecule has 0 radical (unpaired) electrons. The largest absolute Gasteiger partial charge is 0.433 e. The molecule has 0 saturated carbocycles. The highest BCUT2D eigenvalue weighted by atomic mass is 32.2. The molecule has 1 aromatic carbocycles. The normalized spacial score (nSPS) is 11.8. The summed E-state index contributed by atoms with van der Waals surface area (Å²) < 4.78 is 4.87. The number of thioether (sulfide) groups is 1. The Morgan fingerprint density at radius 2 is 1.88 bits per heavy atom. The van der Waals surface area contributed by atoms with E-state index in [1.54, 1.807) is 12.1 Å². The van der Waals surface area contributed by atoms with Gasteiger partial charge < -0.3 is 10.2 Å². The quantitative estimate of drug-likeness (QED) is 0.364. The van der Waals surface area contributed by atoms with Crippen LogP contribution in [0, 0.1) is 20.2 Å². The van der Waals surface area contributed by atoms with Crippen LogP contribution >= 0.6 is 11.8 Å². The fraction of sp³-hybridized carbons (Fsp3) is 0.0769. The standard InChI is InChI=1S/C13H11N5O5S/c14-13(16-15-7-11-5-6-12(23-11)18(21)22)24-8-9-1-3-10(4-2-9)17(19)20/h1-7H,8H2,(H2,14,16)/b15-7+. The number of furan rings is 1. The Hall–Kier alpha value is -3.21. The zero-order valence-electron chi connectivity index (χ0n) is 12.1. The lowest BCUT2D eigenvalue weighted by atomic mass is 10.2. The van der Waals surface area contributed by atoms with Gasteiger partial charge in [0.15, 0.2) is 10.9 Å². The average Bonchev–Trinajstić information content (AvgIpc) is 3.02. The summed E-state index contributed by atoms with van der Waals surface area (Å²) in [4.78, 5) is 19.9. The highest BCUT2D eigenvalue weighted by Crippen LogP contribution is 2.17. The highest BCUT2D eigenvalue weighted by molar-refractivity contribution is 8.13. The molecule has 0 amide bonds. The molecule has 24 heavy (non-hydrogen) atoms. The Morgan fingerprint density at radius 1 is 1.17 bits per heavy atom. The summed E-state index contributed by atoms with van der Waals surface area (Å²) in [5.41, 5.74) is 6.53. The number of nitro benzene ring substituents is 1. The van der Waals surface area contributed by atoms with E-state index in [2.05, 4.69) is 10.2 Å².